The Labute approximate surface area is 126 Å². The molecular weight excluding hydrogens is 333 g/mol. The lowest BCUT2D eigenvalue weighted by atomic mass is 9.89. The average molecular weight is 349 g/mol. The second-order valence-corrected chi connectivity index (χ2v) is 7.29. The molecule has 1 aromatic rings. The third-order valence-electron chi connectivity index (χ3n) is 4.43. The molecule has 2 fully saturated rings. The van der Waals surface area contributed by atoms with Crippen LogP contribution < -0.4 is 5.32 Å². The quantitative estimate of drug-likeness (QED) is 0.749. The maximum absolute atomic E-state index is 6.22. The Hall–Kier alpha value is 0.0800. The molecule has 1 nitrogen and oxygen atoms in total. The molecule has 0 spiro atoms. The zero-order valence-electron chi connectivity index (χ0n) is 10.1. The number of halogens is 3. The van der Waals surface area contributed by atoms with Gasteiger partial charge in [-0.1, -0.05) is 45.6 Å². The summed E-state index contributed by atoms with van der Waals surface area (Å²) < 4.78 is 0.919. The summed E-state index contributed by atoms with van der Waals surface area (Å²) in [6.07, 6.45) is 5.68. The Balaban J connectivity index is 1.67. The molecular formula is C14H16BrCl2N. The van der Waals surface area contributed by atoms with Gasteiger partial charge in [0.05, 0.1) is 15.7 Å². The summed E-state index contributed by atoms with van der Waals surface area (Å²) in [5, 5.41) is 4.83. The van der Waals surface area contributed by atoms with Crippen molar-refractivity contribution in [1.82, 2.24) is 0 Å². The fourth-order valence-corrected chi connectivity index (χ4v) is 4.91. The molecule has 0 heterocycles. The van der Waals surface area contributed by atoms with Crippen molar-refractivity contribution in [3.63, 3.8) is 0 Å². The summed E-state index contributed by atoms with van der Waals surface area (Å²) in [6, 6.07) is 3.77. The Morgan fingerprint density at radius 1 is 1.17 bits per heavy atom. The van der Waals surface area contributed by atoms with E-state index in [1.54, 1.807) is 0 Å². The molecule has 2 bridgehead atoms. The van der Waals surface area contributed by atoms with Gasteiger partial charge in [0.1, 0.15) is 0 Å². The van der Waals surface area contributed by atoms with Crippen molar-refractivity contribution < 1.29 is 0 Å². The Morgan fingerprint density at radius 3 is 2.44 bits per heavy atom. The van der Waals surface area contributed by atoms with Gasteiger partial charge in [-0.3, -0.25) is 0 Å². The maximum Gasteiger partial charge on any atom is 0.0719 e. The molecule has 1 aromatic carbocycles. The van der Waals surface area contributed by atoms with E-state index in [-0.39, 0.29) is 0 Å². The van der Waals surface area contributed by atoms with Crippen molar-refractivity contribution in [3.8, 4) is 0 Å². The largest absolute Gasteiger partial charge is 0.382 e. The SMILES string of the molecule is Clc1cc(Br)cc(Cl)c1NCC1CC2CCC1C2. The van der Waals surface area contributed by atoms with E-state index in [1.807, 2.05) is 12.1 Å². The second-order valence-electron chi connectivity index (χ2n) is 5.56. The van der Waals surface area contributed by atoms with Crippen LogP contribution in [0.2, 0.25) is 10.0 Å². The Morgan fingerprint density at radius 2 is 1.89 bits per heavy atom. The molecule has 3 atom stereocenters. The van der Waals surface area contributed by atoms with Gasteiger partial charge in [0.2, 0.25) is 0 Å². The summed E-state index contributed by atoms with van der Waals surface area (Å²) >= 11 is 15.8. The van der Waals surface area contributed by atoms with Crippen molar-refractivity contribution >= 4 is 44.8 Å². The van der Waals surface area contributed by atoms with E-state index < -0.39 is 0 Å². The molecule has 98 valence electrons. The zero-order valence-corrected chi connectivity index (χ0v) is 13.2. The molecule has 0 aromatic heterocycles. The van der Waals surface area contributed by atoms with E-state index in [1.165, 1.54) is 25.7 Å². The first kappa shape index (κ1) is 13.1. The average Bonchev–Trinajstić information content (AvgIpc) is 2.89. The minimum absolute atomic E-state index is 0.692. The van der Waals surface area contributed by atoms with Crippen LogP contribution >= 0.6 is 39.1 Å². The summed E-state index contributed by atoms with van der Waals surface area (Å²) in [6.45, 7) is 1.00. The van der Waals surface area contributed by atoms with Gasteiger partial charge < -0.3 is 5.32 Å². The highest BCUT2D eigenvalue weighted by Gasteiger charge is 2.39. The van der Waals surface area contributed by atoms with Crippen molar-refractivity contribution in [2.75, 3.05) is 11.9 Å². The number of rotatable bonds is 3. The lowest BCUT2D eigenvalue weighted by Gasteiger charge is -2.23. The lowest BCUT2D eigenvalue weighted by Crippen LogP contribution is -2.20. The van der Waals surface area contributed by atoms with Crippen LogP contribution in [0.25, 0.3) is 0 Å². The molecule has 0 aliphatic heterocycles. The molecule has 1 N–H and O–H groups in total. The first-order chi connectivity index (χ1) is 8.63. The Bertz CT molecular complexity index is 440. The molecule has 2 aliphatic carbocycles. The lowest BCUT2D eigenvalue weighted by molar-refractivity contribution is 0.348. The summed E-state index contributed by atoms with van der Waals surface area (Å²) in [7, 11) is 0. The minimum atomic E-state index is 0.692. The van der Waals surface area contributed by atoms with Gasteiger partial charge in [0.15, 0.2) is 0 Å². The highest BCUT2D eigenvalue weighted by molar-refractivity contribution is 9.10. The fourth-order valence-electron chi connectivity index (χ4n) is 3.57. The molecule has 18 heavy (non-hydrogen) atoms. The van der Waals surface area contributed by atoms with Crippen molar-refractivity contribution in [1.29, 1.82) is 0 Å². The number of benzene rings is 1. The topological polar surface area (TPSA) is 12.0 Å². The summed E-state index contributed by atoms with van der Waals surface area (Å²) in [5.41, 5.74) is 0.879. The highest BCUT2D eigenvalue weighted by atomic mass is 79.9. The monoisotopic (exact) mass is 347 g/mol. The van der Waals surface area contributed by atoms with Gasteiger partial charge >= 0.3 is 0 Å². The first-order valence-corrected chi connectivity index (χ1v) is 8.07. The van der Waals surface area contributed by atoms with E-state index in [0.717, 1.165) is 34.5 Å². The van der Waals surface area contributed by atoms with Crippen LogP contribution in [-0.2, 0) is 0 Å². The molecule has 0 amide bonds. The van der Waals surface area contributed by atoms with Crippen molar-refractivity contribution in [2.24, 2.45) is 17.8 Å². The van der Waals surface area contributed by atoms with Gasteiger partial charge in [-0.25, -0.2) is 0 Å². The van der Waals surface area contributed by atoms with Crippen LogP contribution in [0.3, 0.4) is 0 Å². The van der Waals surface area contributed by atoms with E-state index in [2.05, 4.69) is 21.2 Å². The molecule has 2 saturated carbocycles. The van der Waals surface area contributed by atoms with Crippen LogP contribution in [-0.4, -0.2) is 6.54 Å². The normalized spacial score (nSPS) is 29.8. The highest BCUT2D eigenvalue weighted by Crippen LogP contribution is 2.48. The third-order valence-corrected chi connectivity index (χ3v) is 5.49. The van der Waals surface area contributed by atoms with Crippen LogP contribution in [0.5, 0.6) is 0 Å². The maximum atomic E-state index is 6.22. The summed E-state index contributed by atoms with van der Waals surface area (Å²) in [4.78, 5) is 0. The minimum Gasteiger partial charge on any atom is -0.382 e. The molecule has 2 aliphatic rings. The van der Waals surface area contributed by atoms with Gasteiger partial charge in [-0.15, -0.1) is 0 Å². The van der Waals surface area contributed by atoms with Crippen molar-refractivity contribution in [3.05, 3.63) is 26.7 Å². The summed E-state index contributed by atoms with van der Waals surface area (Å²) in [5.74, 6) is 2.72. The van der Waals surface area contributed by atoms with Crippen LogP contribution in [0.15, 0.2) is 16.6 Å². The molecule has 0 saturated heterocycles. The van der Waals surface area contributed by atoms with Crippen LogP contribution in [0.1, 0.15) is 25.7 Å². The standard InChI is InChI=1S/C14H16BrCl2N/c15-11-5-12(16)14(13(17)6-11)18-7-10-4-8-1-2-9(10)3-8/h5-6,8-10,18H,1-4,7H2. The van der Waals surface area contributed by atoms with Gasteiger partial charge in [-0.2, -0.15) is 0 Å². The smallest absolute Gasteiger partial charge is 0.0719 e. The van der Waals surface area contributed by atoms with E-state index in [0.29, 0.717) is 10.0 Å². The molecule has 0 radical (unpaired) electrons. The van der Waals surface area contributed by atoms with Crippen LogP contribution in [0.4, 0.5) is 5.69 Å². The molecule has 3 rings (SSSR count). The van der Waals surface area contributed by atoms with E-state index in [9.17, 15) is 0 Å². The van der Waals surface area contributed by atoms with Gasteiger partial charge in [-0.05, 0) is 49.1 Å². The fraction of sp³-hybridized carbons (Fsp3) is 0.571. The number of nitrogens with one attached hydrogen (secondary N) is 1. The predicted molar refractivity (Wildman–Crippen MR) is 81.6 cm³/mol. The van der Waals surface area contributed by atoms with E-state index in [4.69, 9.17) is 23.2 Å². The molecule has 4 heteroatoms. The second kappa shape index (κ2) is 5.22. The number of hydrogen-bond donors (Lipinski definition) is 1. The zero-order chi connectivity index (χ0) is 12.7. The Kier molecular flexibility index (Phi) is 3.80. The van der Waals surface area contributed by atoms with Gasteiger partial charge in [0, 0.05) is 11.0 Å². The number of anilines is 1. The molecule has 3 unspecified atom stereocenters. The first-order valence-electron chi connectivity index (χ1n) is 6.52. The van der Waals surface area contributed by atoms with Crippen molar-refractivity contribution in [2.45, 2.75) is 25.7 Å². The number of hydrogen-bond acceptors (Lipinski definition) is 1. The third kappa shape index (κ3) is 2.52. The predicted octanol–water partition coefficient (Wildman–Crippen LogP) is 5.60. The number of fused-ring (bicyclic) bond motifs is 2. The van der Waals surface area contributed by atoms with Gasteiger partial charge in [0.25, 0.3) is 0 Å². The van der Waals surface area contributed by atoms with Crippen LogP contribution in [0, 0.1) is 17.8 Å². The van der Waals surface area contributed by atoms with E-state index >= 15 is 0 Å².